The standard InChI is InChI=1S/C14H17ClN2O2S/c1-14(2)6-5-11(8-14)17-20(18,19)13-7-10(9-16)3-4-12(13)15/h3-4,7,11,17H,5-6,8H2,1-2H3. The molecule has 0 aliphatic heterocycles. The van der Waals surface area contributed by atoms with Crippen LogP contribution in [-0.4, -0.2) is 14.5 Å². The quantitative estimate of drug-likeness (QED) is 0.932. The van der Waals surface area contributed by atoms with Crippen LogP contribution < -0.4 is 4.72 Å². The first kappa shape index (κ1) is 15.3. The van der Waals surface area contributed by atoms with Gasteiger partial charge in [0.1, 0.15) is 4.90 Å². The predicted molar refractivity (Wildman–Crippen MR) is 77.9 cm³/mol. The van der Waals surface area contributed by atoms with Crippen LogP contribution in [0.3, 0.4) is 0 Å². The van der Waals surface area contributed by atoms with Crippen LogP contribution in [0.2, 0.25) is 5.02 Å². The zero-order valence-electron chi connectivity index (χ0n) is 11.5. The molecule has 108 valence electrons. The van der Waals surface area contributed by atoms with Crippen molar-refractivity contribution >= 4 is 21.6 Å². The topological polar surface area (TPSA) is 70.0 Å². The summed E-state index contributed by atoms with van der Waals surface area (Å²) in [7, 11) is -3.69. The Labute approximate surface area is 124 Å². The van der Waals surface area contributed by atoms with Gasteiger partial charge in [0.25, 0.3) is 0 Å². The van der Waals surface area contributed by atoms with E-state index in [4.69, 9.17) is 16.9 Å². The molecule has 4 nitrogen and oxygen atoms in total. The number of hydrogen-bond acceptors (Lipinski definition) is 3. The van der Waals surface area contributed by atoms with E-state index >= 15 is 0 Å². The van der Waals surface area contributed by atoms with Crippen LogP contribution in [0.15, 0.2) is 23.1 Å². The second-order valence-corrected chi connectivity index (χ2v) is 8.07. The van der Waals surface area contributed by atoms with Crippen molar-refractivity contribution in [1.29, 1.82) is 5.26 Å². The number of sulfonamides is 1. The molecule has 0 aromatic heterocycles. The Balaban J connectivity index is 2.26. The summed E-state index contributed by atoms with van der Waals surface area (Å²) < 4.78 is 27.5. The van der Waals surface area contributed by atoms with Crippen molar-refractivity contribution in [3.8, 4) is 6.07 Å². The van der Waals surface area contributed by atoms with E-state index in [-0.39, 0.29) is 26.9 Å². The fourth-order valence-electron chi connectivity index (χ4n) is 2.60. The normalized spacial score (nSPS) is 21.6. The molecule has 1 saturated carbocycles. The maximum atomic E-state index is 12.4. The lowest BCUT2D eigenvalue weighted by Crippen LogP contribution is -2.33. The molecule has 1 atom stereocenters. The van der Waals surface area contributed by atoms with Crippen molar-refractivity contribution in [2.75, 3.05) is 0 Å². The van der Waals surface area contributed by atoms with Crippen molar-refractivity contribution in [3.63, 3.8) is 0 Å². The van der Waals surface area contributed by atoms with Gasteiger partial charge in [-0.1, -0.05) is 25.4 Å². The summed E-state index contributed by atoms with van der Waals surface area (Å²) in [5.74, 6) is 0. The van der Waals surface area contributed by atoms with Crippen LogP contribution in [0.4, 0.5) is 0 Å². The number of halogens is 1. The molecule has 0 saturated heterocycles. The highest BCUT2D eigenvalue weighted by molar-refractivity contribution is 7.89. The Morgan fingerprint density at radius 2 is 2.15 bits per heavy atom. The van der Waals surface area contributed by atoms with Crippen molar-refractivity contribution in [2.24, 2.45) is 5.41 Å². The van der Waals surface area contributed by atoms with E-state index in [9.17, 15) is 8.42 Å². The lowest BCUT2D eigenvalue weighted by Gasteiger charge is -2.18. The van der Waals surface area contributed by atoms with E-state index in [0.29, 0.717) is 0 Å². The molecule has 1 aliphatic carbocycles. The van der Waals surface area contributed by atoms with Gasteiger partial charge in [-0.15, -0.1) is 0 Å². The largest absolute Gasteiger partial charge is 0.242 e. The lowest BCUT2D eigenvalue weighted by atomic mass is 9.92. The average molecular weight is 313 g/mol. The summed E-state index contributed by atoms with van der Waals surface area (Å²) in [5, 5.41) is 9.00. The number of nitrogens with one attached hydrogen (secondary N) is 1. The molecule has 1 N–H and O–H groups in total. The van der Waals surface area contributed by atoms with E-state index < -0.39 is 10.0 Å². The molecule has 1 aromatic carbocycles. The molecule has 6 heteroatoms. The predicted octanol–water partition coefficient (Wildman–Crippen LogP) is 3.07. The SMILES string of the molecule is CC1(C)CCC(NS(=O)(=O)c2cc(C#N)ccc2Cl)C1. The number of nitrogens with zero attached hydrogens (tertiary/aromatic N) is 1. The molecule has 0 bridgehead atoms. The molecule has 20 heavy (non-hydrogen) atoms. The molecule has 0 heterocycles. The van der Waals surface area contributed by atoms with Crippen molar-refractivity contribution in [2.45, 2.75) is 44.0 Å². The fourth-order valence-corrected chi connectivity index (χ4v) is 4.39. The number of nitriles is 1. The Hall–Kier alpha value is -1.09. The number of rotatable bonds is 3. The zero-order chi connectivity index (χ0) is 15.0. The minimum absolute atomic E-state index is 0.0251. The summed E-state index contributed by atoms with van der Waals surface area (Å²) in [5.41, 5.74) is 0.437. The second kappa shape index (κ2) is 5.36. The third-order valence-corrected chi connectivity index (χ3v) is 5.64. The minimum Gasteiger partial charge on any atom is -0.208 e. The van der Waals surface area contributed by atoms with E-state index in [1.807, 2.05) is 6.07 Å². The second-order valence-electron chi connectivity index (χ2n) is 5.98. The van der Waals surface area contributed by atoms with E-state index in [0.717, 1.165) is 19.3 Å². The highest BCUT2D eigenvalue weighted by Crippen LogP contribution is 2.37. The van der Waals surface area contributed by atoms with Gasteiger partial charge in [-0.05, 0) is 42.9 Å². The lowest BCUT2D eigenvalue weighted by molar-refractivity contribution is 0.372. The first-order valence-corrected chi connectivity index (χ1v) is 8.32. The highest BCUT2D eigenvalue weighted by atomic mass is 35.5. The van der Waals surface area contributed by atoms with Gasteiger partial charge in [0.05, 0.1) is 16.7 Å². The summed E-state index contributed by atoms with van der Waals surface area (Å²) >= 11 is 5.95. The maximum Gasteiger partial charge on any atom is 0.242 e. The fraction of sp³-hybridized carbons (Fsp3) is 0.500. The third kappa shape index (κ3) is 3.32. The van der Waals surface area contributed by atoms with Gasteiger partial charge in [0, 0.05) is 6.04 Å². The molecule has 1 fully saturated rings. The third-order valence-electron chi connectivity index (χ3n) is 3.64. The van der Waals surface area contributed by atoms with E-state index in [1.165, 1.54) is 18.2 Å². The molecule has 0 amide bonds. The van der Waals surface area contributed by atoms with Crippen LogP contribution in [0.5, 0.6) is 0 Å². The van der Waals surface area contributed by atoms with Gasteiger partial charge >= 0.3 is 0 Å². The molecule has 0 radical (unpaired) electrons. The Morgan fingerprint density at radius 1 is 1.45 bits per heavy atom. The monoisotopic (exact) mass is 312 g/mol. The Morgan fingerprint density at radius 3 is 2.70 bits per heavy atom. The van der Waals surface area contributed by atoms with Gasteiger partial charge < -0.3 is 0 Å². The number of hydrogen-bond donors (Lipinski definition) is 1. The van der Waals surface area contributed by atoms with Gasteiger partial charge in [-0.25, -0.2) is 13.1 Å². The van der Waals surface area contributed by atoms with Crippen LogP contribution in [0.1, 0.15) is 38.7 Å². The molecule has 1 aliphatic rings. The molecular formula is C14H17ClN2O2S. The van der Waals surface area contributed by atoms with Crippen LogP contribution in [0.25, 0.3) is 0 Å². The Bertz CT molecular complexity index is 662. The van der Waals surface area contributed by atoms with Crippen LogP contribution >= 0.6 is 11.6 Å². The van der Waals surface area contributed by atoms with Gasteiger partial charge in [-0.3, -0.25) is 0 Å². The van der Waals surface area contributed by atoms with Gasteiger partial charge in [0.15, 0.2) is 0 Å². The first-order valence-electron chi connectivity index (χ1n) is 6.45. The van der Waals surface area contributed by atoms with Crippen LogP contribution in [0, 0.1) is 16.7 Å². The van der Waals surface area contributed by atoms with E-state index in [1.54, 1.807) is 0 Å². The smallest absolute Gasteiger partial charge is 0.208 e. The van der Waals surface area contributed by atoms with E-state index in [2.05, 4.69) is 18.6 Å². The summed E-state index contributed by atoms with van der Waals surface area (Å²) in [4.78, 5) is -0.0251. The van der Waals surface area contributed by atoms with Crippen molar-refractivity contribution in [1.82, 2.24) is 4.72 Å². The van der Waals surface area contributed by atoms with Crippen LogP contribution in [-0.2, 0) is 10.0 Å². The highest BCUT2D eigenvalue weighted by Gasteiger charge is 2.34. The molecule has 1 aromatic rings. The average Bonchev–Trinajstić information content (AvgIpc) is 2.68. The molecule has 0 spiro atoms. The summed E-state index contributed by atoms with van der Waals surface area (Å²) in [6.45, 7) is 4.26. The Kier molecular flexibility index (Phi) is 4.10. The zero-order valence-corrected chi connectivity index (χ0v) is 13.1. The minimum atomic E-state index is -3.69. The summed E-state index contributed by atoms with van der Waals surface area (Å²) in [6, 6.07) is 6.10. The first-order chi connectivity index (χ1) is 9.23. The van der Waals surface area contributed by atoms with Gasteiger partial charge in [-0.2, -0.15) is 5.26 Å². The molecule has 1 unspecified atom stereocenters. The maximum absolute atomic E-state index is 12.4. The van der Waals surface area contributed by atoms with Crippen molar-refractivity contribution in [3.05, 3.63) is 28.8 Å². The van der Waals surface area contributed by atoms with Gasteiger partial charge in [0.2, 0.25) is 10.0 Å². The molecule has 2 rings (SSSR count). The molecular weight excluding hydrogens is 296 g/mol. The summed E-state index contributed by atoms with van der Waals surface area (Å²) in [6.07, 6.45) is 2.62. The van der Waals surface area contributed by atoms with Crippen molar-refractivity contribution < 1.29 is 8.42 Å². The number of benzene rings is 1.